The van der Waals surface area contributed by atoms with Crippen LogP contribution >= 0.6 is 15.9 Å². The quantitative estimate of drug-likeness (QED) is 0.695. The Hall–Kier alpha value is -1.02. The lowest BCUT2D eigenvalue weighted by Crippen LogP contribution is -2.35. The highest BCUT2D eigenvalue weighted by molar-refractivity contribution is 9.10. The molecule has 3 atom stereocenters. The van der Waals surface area contributed by atoms with E-state index in [0.29, 0.717) is 11.8 Å². The predicted molar refractivity (Wildman–Crippen MR) is 68.7 cm³/mol. The summed E-state index contributed by atoms with van der Waals surface area (Å²) in [6.07, 6.45) is 4.41. The average Bonchev–Trinajstić information content (AvgIpc) is 2.24. The SMILES string of the molecule is C=C1C=CC2Oc3cc(Br)ccc3C1C2C. The Kier molecular flexibility index (Phi) is 2.21. The molecule has 3 rings (SSSR count). The minimum absolute atomic E-state index is 0.192. The van der Waals surface area contributed by atoms with Gasteiger partial charge in [-0.25, -0.2) is 0 Å². The van der Waals surface area contributed by atoms with Gasteiger partial charge in [-0.05, 0) is 23.8 Å². The number of rotatable bonds is 0. The summed E-state index contributed by atoms with van der Waals surface area (Å²) in [7, 11) is 0. The van der Waals surface area contributed by atoms with Crippen molar-refractivity contribution in [1.82, 2.24) is 0 Å². The van der Waals surface area contributed by atoms with E-state index in [-0.39, 0.29) is 6.10 Å². The predicted octanol–water partition coefficient (Wildman–Crippen LogP) is 4.06. The fourth-order valence-corrected chi connectivity index (χ4v) is 3.01. The maximum Gasteiger partial charge on any atom is 0.125 e. The Morgan fingerprint density at radius 1 is 1.38 bits per heavy atom. The highest BCUT2D eigenvalue weighted by atomic mass is 79.9. The Morgan fingerprint density at radius 3 is 3.00 bits per heavy atom. The molecule has 0 fully saturated rings. The van der Waals surface area contributed by atoms with Crippen LogP contribution in [0.3, 0.4) is 0 Å². The van der Waals surface area contributed by atoms with Crippen LogP contribution in [-0.2, 0) is 0 Å². The fraction of sp³-hybridized carbons (Fsp3) is 0.286. The number of hydrogen-bond acceptors (Lipinski definition) is 1. The minimum atomic E-state index is 0.192. The number of ether oxygens (including phenoxy) is 1. The number of halogens is 1. The lowest BCUT2D eigenvalue weighted by molar-refractivity contribution is 0.146. The second kappa shape index (κ2) is 3.49. The second-order valence-electron chi connectivity index (χ2n) is 4.54. The summed E-state index contributed by atoms with van der Waals surface area (Å²) in [6, 6.07) is 6.26. The third kappa shape index (κ3) is 1.36. The van der Waals surface area contributed by atoms with Gasteiger partial charge < -0.3 is 4.74 Å². The van der Waals surface area contributed by atoms with E-state index < -0.39 is 0 Å². The van der Waals surface area contributed by atoms with Crippen molar-refractivity contribution in [1.29, 1.82) is 0 Å². The van der Waals surface area contributed by atoms with Gasteiger partial charge in [0.15, 0.2) is 0 Å². The summed E-state index contributed by atoms with van der Waals surface area (Å²) < 4.78 is 7.05. The topological polar surface area (TPSA) is 9.23 Å². The van der Waals surface area contributed by atoms with Crippen LogP contribution in [-0.4, -0.2) is 6.10 Å². The van der Waals surface area contributed by atoms with Gasteiger partial charge in [0, 0.05) is 21.9 Å². The van der Waals surface area contributed by atoms with Crippen molar-refractivity contribution in [3.05, 3.63) is 52.5 Å². The normalized spacial score (nSPS) is 30.9. The highest BCUT2D eigenvalue weighted by Gasteiger charge is 2.37. The first kappa shape index (κ1) is 10.2. The van der Waals surface area contributed by atoms with Crippen molar-refractivity contribution in [3.63, 3.8) is 0 Å². The molecule has 1 aliphatic carbocycles. The van der Waals surface area contributed by atoms with Crippen LogP contribution in [0.4, 0.5) is 0 Å². The van der Waals surface area contributed by atoms with E-state index in [1.54, 1.807) is 0 Å². The van der Waals surface area contributed by atoms with Gasteiger partial charge in [-0.3, -0.25) is 0 Å². The molecule has 16 heavy (non-hydrogen) atoms. The van der Waals surface area contributed by atoms with Gasteiger partial charge >= 0.3 is 0 Å². The fourth-order valence-electron chi connectivity index (χ4n) is 2.67. The molecule has 1 aromatic rings. The van der Waals surface area contributed by atoms with E-state index in [9.17, 15) is 0 Å². The lowest BCUT2D eigenvalue weighted by Gasteiger charge is -2.40. The van der Waals surface area contributed by atoms with E-state index in [2.05, 4.69) is 53.7 Å². The average molecular weight is 277 g/mol. The third-order valence-electron chi connectivity index (χ3n) is 3.52. The maximum absolute atomic E-state index is 5.99. The molecule has 0 amide bonds. The summed E-state index contributed by atoms with van der Waals surface area (Å²) in [6.45, 7) is 6.38. The molecule has 0 spiro atoms. The van der Waals surface area contributed by atoms with E-state index in [1.165, 1.54) is 11.1 Å². The molecule has 0 radical (unpaired) electrons. The Morgan fingerprint density at radius 2 is 2.19 bits per heavy atom. The number of fused-ring (bicyclic) bond motifs is 4. The summed E-state index contributed by atoms with van der Waals surface area (Å²) in [5.74, 6) is 1.88. The molecule has 82 valence electrons. The minimum Gasteiger partial charge on any atom is -0.486 e. The van der Waals surface area contributed by atoms with E-state index in [4.69, 9.17) is 4.74 Å². The van der Waals surface area contributed by atoms with Gasteiger partial charge in [-0.2, -0.15) is 0 Å². The van der Waals surface area contributed by atoms with Crippen LogP contribution in [0.1, 0.15) is 18.4 Å². The van der Waals surface area contributed by atoms with Crippen LogP contribution in [0.15, 0.2) is 47.0 Å². The first-order valence-corrected chi connectivity index (χ1v) is 6.29. The molecule has 0 N–H and O–H groups in total. The zero-order chi connectivity index (χ0) is 11.3. The third-order valence-corrected chi connectivity index (χ3v) is 4.01. The largest absolute Gasteiger partial charge is 0.486 e. The molecule has 3 unspecified atom stereocenters. The number of hydrogen-bond donors (Lipinski definition) is 0. The number of benzene rings is 1. The first-order chi connectivity index (χ1) is 7.66. The molecule has 2 aliphatic rings. The van der Waals surface area contributed by atoms with Crippen LogP contribution in [0, 0.1) is 5.92 Å². The van der Waals surface area contributed by atoms with Crippen molar-refractivity contribution in [2.75, 3.05) is 0 Å². The Balaban J connectivity index is 2.18. The lowest BCUT2D eigenvalue weighted by atomic mass is 9.73. The molecule has 2 heteroatoms. The van der Waals surface area contributed by atoms with E-state index >= 15 is 0 Å². The monoisotopic (exact) mass is 276 g/mol. The van der Waals surface area contributed by atoms with Crippen molar-refractivity contribution >= 4 is 15.9 Å². The second-order valence-corrected chi connectivity index (χ2v) is 5.45. The summed E-state index contributed by atoms with van der Waals surface area (Å²) in [5, 5.41) is 0. The van der Waals surface area contributed by atoms with Gasteiger partial charge in [0.2, 0.25) is 0 Å². The molecule has 0 saturated heterocycles. The molecule has 0 saturated carbocycles. The molecular formula is C14H13BrO. The van der Waals surface area contributed by atoms with E-state index in [0.717, 1.165) is 10.2 Å². The zero-order valence-corrected chi connectivity index (χ0v) is 10.7. The summed E-state index contributed by atoms with van der Waals surface area (Å²) >= 11 is 3.48. The van der Waals surface area contributed by atoms with Gasteiger partial charge in [0.25, 0.3) is 0 Å². The first-order valence-electron chi connectivity index (χ1n) is 5.50. The molecular weight excluding hydrogens is 264 g/mol. The van der Waals surface area contributed by atoms with E-state index in [1.807, 2.05) is 6.07 Å². The summed E-state index contributed by atoms with van der Waals surface area (Å²) in [5.41, 5.74) is 2.46. The standard InChI is InChI=1S/C14H13BrO/c1-8-3-6-12-9(2)14(8)11-5-4-10(15)7-13(11)16-12/h3-7,9,12,14H,1H2,2H3. The highest BCUT2D eigenvalue weighted by Crippen LogP contribution is 2.47. The Labute approximate surface area is 104 Å². The van der Waals surface area contributed by atoms with Crippen LogP contribution in [0.25, 0.3) is 0 Å². The van der Waals surface area contributed by atoms with Crippen molar-refractivity contribution in [2.24, 2.45) is 5.92 Å². The molecule has 1 nitrogen and oxygen atoms in total. The van der Waals surface area contributed by atoms with Crippen LogP contribution in [0.2, 0.25) is 0 Å². The number of allylic oxidation sites excluding steroid dienone is 2. The molecule has 2 bridgehead atoms. The summed E-state index contributed by atoms with van der Waals surface area (Å²) in [4.78, 5) is 0. The van der Waals surface area contributed by atoms with Crippen molar-refractivity contribution in [2.45, 2.75) is 18.9 Å². The molecule has 1 aliphatic heterocycles. The van der Waals surface area contributed by atoms with Gasteiger partial charge in [-0.15, -0.1) is 0 Å². The van der Waals surface area contributed by atoms with Crippen LogP contribution in [0.5, 0.6) is 5.75 Å². The smallest absolute Gasteiger partial charge is 0.125 e. The molecule has 1 aromatic carbocycles. The van der Waals surface area contributed by atoms with Crippen molar-refractivity contribution in [3.8, 4) is 5.75 Å². The molecule has 0 aromatic heterocycles. The van der Waals surface area contributed by atoms with Crippen LogP contribution < -0.4 is 4.74 Å². The van der Waals surface area contributed by atoms with Gasteiger partial charge in [-0.1, -0.05) is 41.6 Å². The Bertz CT molecular complexity index is 490. The van der Waals surface area contributed by atoms with Gasteiger partial charge in [0.05, 0.1) is 0 Å². The van der Waals surface area contributed by atoms with Crippen molar-refractivity contribution < 1.29 is 4.74 Å². The molecule has 1 heterocycles. The zero-order valence-electron chi connectivity index (χ0n) is 9.11. The maximum atomic E-state index is 5.99. The van der Waals surface area contributed by atoms with Gasteiger partial charge in [0.1, 0.15) is 11.9 Å².